The standard InChI is InChI=1S/C15H29N3O3/c1-5-17(6-2)14(19)12(4)16-13-8-10-18(11-9-13)15(20)21-7-3/h12-13,16H,5-11H2,1-4H3. The molecular formula is C15H29N3O3. The van der Waals surface area contributed by atoms with E-state index in [1.165, 1.54) is 0 Å². The number of nitrogens with zero attached hydrogens (tertiary/aromatic N) is 2. The van der Waals surface area contributed by atoms with Gasteiger partial charge in [-0.25, -0.2) is 4.79 Å². The zero-order chi connectivity index (χ0) is 15.8. The lowest BCUT2D eigenvalue weighted by Gasteiger charge is -2.34. The number of nitrogens with one attached hydrogen (secondary N) is 1. The van der Waals surface area contributed by atoms with Crippen LogP contribution >= 0.6 is 0 Å². The molecule has 1 rings (SSSR count). The maximum Gasteiger partial charge on any atom is 0.409 e. The van der Waals surface area contributed by atoms with Crippen molar-refractivity contribution in [2.24, 2.45) is 0 Å². The number of hydrogen-bond donors (Lipinski definition) is 1. The summed E-state index contributed by atoms with van der Waals surface area (Å²) < 4.78 is 5.00. The van der Waals surface area contributed by atoms with Crippen LogP contribution in [0.1, 0.15) is 40.5 Å². The Kier molecular flexibility index (Phi) is 7.50. The van der Waals surface area contributed by atoms with Gasteiger partial charge in [0.2, 0.25) is 5.91 Å². The molecule has 21 heavy (non-hydrogen) atoms. The van der Waals surface area contributed by atoms with E-state index in [1.807, 2.05) is 32.6 Å². The Morgan fingerprint density at radius 2 is 1.81 bits per heavy atom. The highest BCUT2D eigenvalue weighted by atomic mass is 16.6. The minimum absolute atomic E-state index is 0.146. The summed E-state index contributed by atoms with van der Waals surface area (Å²) in [5.74, 6) is 0.146. The number of rotatable bonds is 6. The highest BCUT2D eigenvalue weighted by Gasteiger charge is 2.26. The van der Waals surface area contributed by atoms with Crippen molar-refractivity contribution < 1.29 is 14.3 Å². The third-order valence-corrected chi connectivity index (χ3v) is 3.95. The zero-order valence-corrected chi connectivity index (χ0v) is 13.7. The van der Waals surface area contributed by atoms with E-state index < -0.39 is 0 Å². The molecule has 6 nitrogen and oxygen atoms in total. The van der Waals surface area contributed by atoms with Gasteiger partial charge in [-0.15, -0.1) is 0 Å². The van der Waals surface area contributed by atoms with Crippen LogP contribution in [0.25, 0.3) is 0 Å². The van der Waals surface area contributed by atoms with Crippen LogP contribution in [0, 0.1) is 0 Å². The van der Waals surface area contributed by atoms with Crippen molar-refractivity contribution in [3.05, 3.63) is 0 Å². The lowest BCUT2D eigenvalue weighted by atomic mass is 10.0. The monoisotopic (exact) mass is 299 g/mol. The molecule has 1 aliphatic rings. The van der Waals surface area contributed by atoms with Gasteiger partial charge >= 0.3 is 6.09 Å². The fraction of sp³-hybridized carbons (Fsp3) is 0.867. The minimum atomic E-state index is -0.233. The number of carbonyl (C=O) groups excluding carboxylic acids is 2. The summed E-state index contributed by atoms with van der Waals surface area (Å²) in [6, 6.07) is 0.106. The van der Waals surface area contributed by atoms with Crippen molar-refractivity contribution in [2.45, 2.75) is 52.6 Å². The van der Waals surface area contributed by atoms with E-state index in [1.54, 1.807) is 4.90 Å². The van der Waals surface area contributed by atoms with E-state index in [0.717, 1.165) is 25.9 Å². The Bertz CT molecular complexity index is 337. The van der Waals surface area contributed by atoms with Crippen LogP contribution in [0.15, 0.2) is 0 Å². The van der Waals surface area contributed by atoms with Gasteiger partial charge in [0.25, 0.3) is 0 Å². The fourth-order valence-electron chi connectivity index (χ4n) is 2.68. The van der Waals surface area contributed by atoms with Crippen molar-refractivity contribution in [2.75, 3.05) is 32.8 Å². The van der Waals surface area contributed by atoms with Crippen LogP contribution in [-0.4, -0.2) is 66.7 Å². The van der Waals surface area contributed by atoms with Gasteiger partial charge in [-0.3, -0.25) is 4.79 Å². The topological polar surface area (TPSA) is 61.9 Å². The van der Waals surface area contributed by atoms with E-state index >= 15 is 0 Å². The molecular weight excluding hydrogens is 270 g/mol. The normalized spacial score (nSPS) is 17.4. The van der Waals surface area contributed by atoms with Crippen molar-refractivity contribution in [1.29, 1.82) is 0 Å². The van der Waals surface area contributed by atoms with Gasteiger partial charge in [0.15, 0.2) is 0 Å². The first-order valence-electron chi connectivity index (χ1n) is 7.99. The van der Waals surface area contributed by atoms with Crippen LogP contribution in [0.4, 0.5) is 4.79 Å². The third kappa shape index (κ3) is 5.19. The van der Waals surface area contributed by atoms with Crippen molar-refractivity contribution in [3.63, 3.8) is 0 Å². The molecule has 122 valence electrons. The Balaban J connectivity index is 2.38. The summed E-state index contributed by atoms with van der Waals surface area (Å²) in [5.41, 5.74) is 0. The zero-order valence-electron chi connectivity index (χ0n) is 13.7. The van der Waals surface area contributed by atoms with Crippen LogP contribution < -0.4 is 5.32 Å². The van der Waals surface area contributed by atoms with Crippen molar-refractivity contribution in [3.8, 4) is 0 Å². The molecule has 1 unspecified atom stereocenters. The lowest BCUT2D eigenvalue weighted by Crippen LogP contribution is -2.52. The van der Waals surface area contributed by atoms with Crippen LogP contribution in [0.2, 0.25) is 0 Å². The second-order valence-corrected chi connectivity index (χ2v) is 5.36. The van der Waals surface area contributed by atoms with Gasteiger partial charge in [0.1, 0.15) is 0 Å². The number of amides is 2. The molecule has 0 spiro atoms. The van der Waals surface area contributed by atoms with Crippen LogP contribution in [0.3, 0.4) is 0 Å². The molecule has 1 aliphatic heterocycles. The maximum atomic E-state index is 12.2. The Morgan fingerprint density at radius 3 is 2.29 bits per heavy atom. The highest BCUT2D eigenvalue weighted by Crippen LogP contribution is 2.12. The lowest BCUT2D eigenvalue weighted by molar-refractivity contribution is -0.132. The molecule has 0 aromatic carbocycles. The van der Waals surface area contributed by atoms with E-state index in [-0.39, 0.29) is 24.1 Å². The molecule has 1 fully saturated rings. The predicted molar refractivity (Wildman–Crippen MR) is 82.1 cm³/mol. The smallest absolute Gasteiger partial charge is 0.409 e. The summed E-state index contributed by atoms with van der Waals surface area (Å²) in [6.45, 7) is 11.0. The fourth-order valence-corrected chi connectivity index (χ4v) is 2.68. The van der Waals surface area contributed by atoms with E-state index in [9.17, 15) is 9.59 Å². The molecule has 1 saturated heterocycles. The predicted octanol–water partition coefficient (Wildman–Crippen LogP) is 1.45. The Morgan fingerprint density at radius 1 is 1.24 bits per heavy atom. The summed E-state index contributed by atoms with van der Waals surface area (Å²) in [7, 11) is 0. The third-order valence-electron chi connectivity index (χ3n) is 3.95. The number of ether oxygens (including phenoxy) is 1. The highest BCUT2D eigenvalue weighted by molar-refractivity contribution is 5.81. The quantitative estimate of drug-likeness (QED) is 0.806. The molecule has 0 aliphatic carbocycles. The Hall–Kier alpha value is -1.30. The summed E-state index contributed by atoms with van der Waals surface area (Å²) in [6.07, 6.45) is 1.48. The van der Waals surface area contributed by atoms with Gasteiger partial charge < -0.3 is 19.9 Å². The minimum Gasteiger partial charge on any atom is -0.450 e. The average molecular weight is 299 g/mol. The van der Waals surface area contributed by atoms with E-state index in [4.69, 9.17) is 4.74 Å². The van der Waals surface area contributed by atoms with Crippen molar-refractivity contribution >= 4 is 12.0 Å². The number of hydrogen-bond acceptors (Lipinski definition) is 4. The van der Waals surface area contributed by atoms with Crippen LogP contribution in [-0.2, 0) is 9.53 Å². The summed E-state index contributed by atoms with van der Waals surface area (Å²) in [4.78, 5) is 27.4. The Labute approximate surface area is 127 Å². The molecule has 1 N–H and O–H groups in total. The van der Waals surface area contributed by atoms with Gasteiger partial charge in [0.05, 0.1) is 12.6 Å². The number of likely N-dealkylation sites (tertiary alicyclic amines) is 1. The molecule has 0 aromatic rings. The van der Waals surface area contributed by atoms with Crippen LogP contribution in [0.5, 0.6) is 0 Å². The van der Waals surface area contributed by atoms with Gasteiger partial charge in [-0.05, 0) is 40.5 Å². The first kappa shape index (κ1) is 17.8. The summed E-state index contributed by atoms with van der Waals surface area (Å²) in [5, 5.41) is 3.39. The maximum absolute atomic E-state index is 12.2. The van der Waals surface area contributed by atoms with Crippen molar-refractivity contribution in [1.82, 2.24) is 15.1 Å². The van der Waals surface area contributed by atoms with E-state index in [0.29, 0.717) is 19.7 Å². The van der Waals surface area contributed by atoms with Gasteiger partial charge in [-0.1, -0.05) is 0 Å². The molecule has 0 radical (unpaired) electrons. The van der Waals surface area contributed by atoms with Gasteiger partial charge in [-0.2, -0.15) is 0 Å². The molecule has 0 saturated carbocycles. The first-order chi connectivity index (χ1) is 10.0. The van der Waals surface area contributed by atoms with E-state index in [2.05, 4.69) is 5.32 Å². The summed E-state index contributed by atoms with van der Waals surface area (Å²) >= 11 is 0. The van der Waals surface area contributed by atoms with Gasteiger partial charge in [0, 0.05) is 32.2 Å². The molecule has 6 heteroatoms. The molecule has 0 aromatic heterocycles. The number of likely N-dealkylation sites (N-methyl/N-ethyl adjacent to an activating group) is 1. The second kappa shape index (κ2) is 8.87. The number of carbonyl (C=O) groups is 2. The molecule has 1 heterocycles. The number of piperidine rings is 1. The molecule has 2 amide bonds. The SMILES string of the molecule is CCOC(=O)N1CCC(NC(C)C(=O)N(CC)CC)CC1. The second-order valence-electron chi connectivity index (χ2n) is 5.36. The first-order valence-corrected chi connectivity index (χ1v) is 7.99. The largest absolute Gasteiger partial charge is 0.450 e. The average Bonchev–Trinajstić information content (AvgIpc) is 2.49. The molecule has 0 bridgehead atoms. The molecule has 1 atom stereocenters.